The molecular weight excluding hydrogens is 308 g/mol. The molecule has 3 aromatic rings. The second kappa shape index (κ2) is 5.47. The van der Waals surface area contributed by atoms with Crippen LogP contribution in [-0.2, 0) is 5.60 Å². The van der Waals surface area contributed by atoms with E-state index in [0.717, 1.165) is 46.2 Å². The van der Waals surface area contributed by atoms with E-state index in [1.54, 1.807) is 17.5 Å². The minimum absolute atomic E-state index is 0.691. The number of aliphatic hydroxyl groups is 1. The van der Waals surface area contributed by atoms with Crippen molar-refractivity contribution in [1.82, 2.24) is 15.2 Å². The minimum Gasteiger partial charge on any atom is -0.383 e. The van der Waals surface area contributed by atoms with Crippen LogP contribution in [0.2, 0.25) is 0 Å². The fourth-order valence-electron chi connectivity index (χ4n) is 2.83. The molecule has 1 fully saturated rings. The number of hydrogen-bond acceptors (Lipinski definition) is 5. The van der Waals surface area contributed by atoms with Crippen LogP contribution in [0.4, 0.5) is 11.5 Å². The Bertz CT molecular complexity index is 821. The van der Waals surface area contributed by atoms with Crippen LogP contribution < -0.4 is 5.32 Å². The predicted octanol–water partition coefficient (Wildman–Crippen LogP) is 3.96. The summed E-state index contributed by atoms with van der Waals surface area (Å²) in [6, 6.07) is 8.21. The Morgan fingerprint density at radius 3 is 2.87 bits per heavy atom. The molecule has 0 amide bonds. The van der Waals surface area contributed by atoms with Crippen molar-refractivity contribution >= 4 is 22.8 Å². The third-order valence-electron chi connectivity index (χ3n) is 4.23. The molecule has 2 aromatic heterocycles. The van der Waals surface area contributed by atoms with E-state index in [2.05, 4.69) is 45.6 Å². The summed E-state index contributed by atoms with van der Waals surface area (Å²) in [5.74, 6) is 0.857. The molecule has 4 rings (SSSR count). The van der Waals surface area contributed by atoms with E-state index in [1.807, 2.05) is 12.3 Å². The quantitative estimate of drug-likeness (QED) is 0.678. The number of aryl methyl sites for hydroxylation is 1. The highest BCUT2D eigenvalue weighted by molar-refractivity contribution is 7.15. The fourth-order valence-corrected chi connectivity index (χ4v) is 3.88. The number of aromatic nitrogens is 3. The van der Waals surface area contributed by atoms with Gasteiger partial charge in [0.25, 0.3) is 0 Å². The number of hydrogen-bond donors (Lipinski definition) is 3. The highest BCUT2D eigenvalue weighted by atomic mass is 32.1. The molecule has 23 heavy (non-hydrogen) atoms. The molecular formula is C17H18N4OS. The first-order valence-corrected chi connectivity index (χ1v) is 8.51. The van der Waals surface area contributed by atoms with Gasteiger partial charge in [-0.1, -0.05) is 6.07 Å². The zero-order valence-corrected chi connectivity index (χ0v) is 13.7. The topological polar surface area (TPSA) is 73.8 Å². The van der Waals surface area contributed by atoms with Crippen LogP contribution in [0.5, 0.6) is 0 Å². The fraction of sp³-hybridized carbons (Fsp3) is 0.294. The van der Waals surface area contributed by atoms with E-state index in [1.165, 1.54) is 5.56 Å². The van der Waals surface area contributed by atoms with Gasteiger partial charge in [-0.05, 0) is 49.4 Å². The molecule has 0 spiro atoms. The van der Waals surface area contributed by atoms with Gasteiger partial charge in [0.15, 0.2) is 0 Å². The van der Waals surface area contributed by atoms with Crippen LogP contribution >= 0.6 is 11.3 Å². The van der Waals surface area contributed by atoms with Crippen molar-refractivity contribution in [2.45, 2.75) is 31.8 Å². The number of rotatable bonds is 4. The van der Waals surface area contributed by atoms with E-state index in [9.17, 15) is 5.11 Å². The summed E-state index contributed by atoms with van der Waals surface area (Å²) in [5.41, 5.74) is 2.59. The molecule has 2 heterocycles. The van der Waals surface area contributed by atoms with Crippen molar-refractivity contribution in [1.29, 1.82) is 0 Å². The lowest BCUT2D eigenvalue weighted by molar-refractivity contribution is -0.0389. The molecule has 3 N–H and O–H groups in total. The molecule has 0 unspecified atom stereocenters. The van der Waals surface area contributed by atoms with Crippen LogP contribution in [0.25, 0.3) is 10.4 Å². The molecule has 0 aliphatic heterocycles. The van der Waals surface area contributed by atoms with Crippen molar-refractivity contribution in [3.05, 3.63) is 47.2 Å². The number of anilines is 2. The Balaban J connectivity index is 1.64. The summed E-state index contributed by atoms with van der Waals surface area (Å²) in [6.45, 7) is 2.07. The van der Waals surface area contributed by atoms with Gasteiger partial charge in [0, 0.05) is 18.0 Å². The Morgan fingerprint density at radius 2 is 2.17 bits per heavy atom. The van der Waals surface area contributed by atoms with Crippen molar-refractivity contribution < 1.29 is 5.11 Å². The first-order valence-electron chi connectivity index (χ1n) is 7.70. The molecule has 0 radical (unpaired) electrons. The Labute approximate surface area is 138 Å². The van der Waals surface area contributed by atoms with Crippen LogP contribution in [0, 0.1) is 6.92 Å². The van der Waals surface area contributed by atoms with Gasteiger partial charge in [0.2, 0.25) is 0 Å². The maximum atomic E-state index is 10.4. The van der Waals surface area contributed by atoms with Gasteiger partial charge < -0.3 is 10.4 Å². The van der Waals surface area contributed by atoms with Gasteiger partial charge in [-0.2, -0.15) is 5.10 Å². The number of benzene rings is 1. The molecule has 1 aliphatic rings. The van der Waals surface area contributed by atoms with E-state index < -0.39 is 5.60 Å². The first-order chi connectivity index (χ1) is 11.1. The van der Waals surface area contributed by atoms with Crippen molar-refractivity contribution in [3.63, 3.8) is 0 Å². The Hall–Kier alpha value is -2.18. The average Bonchev–Trinajstić information content (AvgIpc) is 3.15. The number of nitrogens with one attached hydrogen (secondary N) is 2. The SMILES string of the molecule is Cc1cc(Nc2ccn[nH]2)cc(-c2cnc(C3(O)CCC3)s2)c1. The first kappa shape index (κ1) is 14.4. The third-order valence-corrected chi connectivity index (χ3v) is 5.47. The molecule has 0 bridgehead atoms. The lowest BCUT2D eigenvalue weighted by atomic mass is 9.81. The van der Waals surface area contributed by atoms with Crippen molar-refractivity contribution in [3.8, 4) is 10.4 Å². The predicted molar refractivity (Wildman–Crippen MR) is 91.9 cm³/mol. The number of nitrogens with zero attached hydrogens (tertiary/aromatic N) is 2. The molecule has 6 heteroatoms. The minimum atomic E-state index is -0.691. The summed E-state index contributed by atoms with van der Waals surface area (Å²) < 4.78 is 0. The van der Waals surface area contributed by atoms with Crippen LogP contribution in [0.3, 0.4) is 0 Å². The maximum absolute atomic E-state index is 10.4. The van der Waals surface area contributed by atoms with Gasteiger partial charge in [0.1, 0.15) is 16.4 Å². The van der Waals surface area contributed by atoms with E-state index in [4.69, 9.17) is 0 Å². The van der Waals surface area contributed by atoms with Gasteiger partial charge in [0.05, 0.1) is 11.1 Å². The lowest BCUT2D eigenvalue weighted by Crippen LogP contribution is -2.33. The van der Waals surface area contributed by atoms with Crippen molar-refractivity contribution in [2.75, 3.05) is 5.32 Å². The molecule has 1 saturated carbocycles. The molecule has 1 aromatic carbocycles. The Morgan fingerprint density at radius 1 is 1.30 bits per heavy atom. The largest absolute Gasteiger partial charge is 0.383 e. The van der Waals surface area contributed by atoms with Crippen molar-refractivity contribution in [2.24, 2.45) is 0 Å². The van der Waals surface area contributed by atoms with E-state index in [-0.39, 0.29) is 0 Å². The van der Waals surface area contributed by atoms with Crippen LogP contribution in [-0.4, -0.2) is 20.3 Å². The molecule has 5 nitrogen and oxygen atoms in total. The summed E-state index contributed by atoms with van der Waals surface area (Å²) in [7, 11) is 0. The normalized spacial score (nSPS) is 16.1. The van der Waals surface area contributed by atoms with Crippen LogP contribution in [0.1, 0.15) is 29.8 Å². The number of H-pyrrole nitrogens is 1. The molecule has 1 aliphatic carbocycles. The lowest BCUT2D eigenvalue weighted by Gasteiger charge is -2.34. The van der Waals surface area contributed by atoms with Gasteiger partial charge in [-0.25, -0.2) is 4.98 Å². The number of thiazole rings is 1. The molecule has 118 valence electrons. The second-order valence-corrected chi connectivity index (χ2v) is 7.13. The summed E-state index contributed by atoms with van der Waals surface area (Å²) in [5, 5.41) is 21.4. The smallest absolute Gasteiger partial charge is 0.125 e. The zero-order chi connectivity index (χ0) is 15.9. The third kappa shape index (κ3) is 2.75. The highest BCUT2D eigenvalue weighted by Gasteiger charge is 2.39. The number of aromatic amines is 1. The summed E-state index contributed by atoms with van der Waals surface area (Å²) in [4.78, 5) is 5.53. The van der Waals surface area contributed by atoms with Crippen LogP contribution in [0.15, 0.2) is 36.7 Å². The monoisotopic (exact) mass is 326 g/mol. The zero-order valence-electron chi connectivity index (χ0n) is 12.8. The van der Waals surface area contributed by atoms with Gasteiger partial charge in [-0.3, -0.25) is 5.10 Å². The highest BCUT2D eigenvalue weighted by Crippen LogP contribution is 2.44. The van der Waals surface area contributed by atoms with E-state index >= 15 is 0 Å². The summed E-state index contributed by atoms with van der Waals surface area (Å²) >= 11 is 1.59. The molecule has 0 atom stereocenters. The Kier molecular flexibility index (Phi) is 3.43. The maximum Gasteiger partial charge on any atom is 0.125 e. The second-order valence-electron chi connectivity index (χ2n) is 6.10. The van der Waals surface area contributed by atoms with Gasteiger partial charge in [-0.15, -0.1) is 11.3 Å². The average molecular weight is 326 g/mol. The molecule has 0 saturated heterocycles. The van der Waals surface area contributed by atoms with Gasteiger partial charge >= 0.3 is 0 Å². The summed E-state index contributed by atoms with van der Waals surface area (Å²) in [6.07, 6.45) is 6.30. The standard InChI is InChI=1S/C17H18N4OS/c1-11-7-12(9-13(8-11)20-15-3-6-19-21-15)14-10-18-16(23-14)17(22)4-2-5-17/h3,6-10,22H,2,4-5H2,1H3,(H2,19,20,21). The van der Waals surface area contributed by atoms with E-state index in [0.29, 0.717) is 0 Å².